The van der Waals surface area contributed by atoms with Crippen molar-refractivity contribution < 1.29 is 23.7 Å². The number of hydrogen-bond acceptors (Lipinski definition) is 5. The lowest BCUT2D eigenvalue weighted by Crippen LogP contribution is -1.99. The Morgan fingerprint density at radius 1 is 0.963 bits per heavy atom. The summed E-state index contributed by atoms with van der Waals surface area (Å²) < 4.78 is 20.9. The quantitative estimate of drug-likeness (QED) is 0.356. The molecule has 0 saturated heterocycles. The predicted molar refractivity (Wildman–Crippen MR) is 108 cm³/mol. The highest BCUT2D eigenvalue weighted by atomic mass is 16.5. The summed E-state index contributed by atoms with van der Waals surface area (Å²) in [7, 11) is 4.76. The molecule has 0 N–H and O–H groups in total. The van der Waals surface area contributed by atoms with Crippen molar-refractivity contribution in [2.24, 2.45) is 0 Å². The number of carbonyl (C=O) groups is 1. The molecule has 0 aromatic heterocycles. The number of allylic oxidation sites excluding steroid dienone is 6. The van der Waals surface area contributed by atoms with Crippen LogP contribution in [0, 0.1) is 0 Å². The maximum atomic E-state index is 11.4. The fraction of sp³-hybridized carbons (Fsp3) is 0.318. The smallest absolute Gasteiger partial charge is 0.330 e. The number of hydrogen-bond donors (Lipinski definition) is 0. The Hall–Kier alpha value is -2.95. The molecule has 0 aliphatic carbocycles. The van der Waals surface area contributed by atoms with E-state index >= 15 is 0 Å². The first-order valence-electron chi connectivity index (χ1n) is 8.63. The zero-order valence-electron chi connectivity index (χ0n) is 16.9. The Morgan fingerprint density at radius 2 is 1.59 bits per heavy atom. The van der Waals surface area contributed by atoms with Gasteiger partial charge in [0.25, 0.3) is 0 Å². The highest BCUT2D eigenvalue weighted by Gasteiger charge is 2.11. The normalized spacial score (nSPS) is 12.5. The van der Waals surface area contributed by atoms with Crippen LogP contribution in [-0.4, -0.2) is 33.9 Å². The van der Waals surface area contributed by atoms with Crippen LogP contribution in [0.5, 0.6) is 17.2 Å². The van der Waals surface area contributed by atoms with E-state index in [2.05, 4.69) is 0 Å². The van der Waals surface area contributed by atoms with Gasteiger partial charge in [0.05, 0.1) is 27.9 Å². The van der Waals surface area contributed by atoms with Crippen molar-refractivity contribution in [2.75, 3.05) is 27.9 Å². The monoisotopic (exact) mass is 372 g/mol. The third kappa shape index (κ3) is 7.44. The van der Waals surface area contributed by atoms with Gasteiger partial charge in [0.2, 0.25) is 5.75 Å². The second-order valence-electron chi connectivity index (χ2n) is 5.70. The lowest BCUT2D eigenvalue weighted by Gasteiger charge is -2.12. The summed E-state index contributed by atoms with van der Waals surface area (Å²) in [6.45, 7) is 5.99. The largest absolute Gasteiger partial charge is 0.493 e. The van der Waals surface area contributed by atoms with E-state index < -0.39 is 0 Å². The summed E-state index contributed by atoms with van der Waals surface area (Å²) in [5.74, 6) is 1.45. The molecular formula is C22H28O5. The fourth-order valence-corrected chi connectivity index (χ4v) is 2.25. The van der Waals surface area contributed by atoms with Gasteiger partial charge in [-0.1, -0.05) is 36.0 Å². The van der Waals surface area contributed by atoms with Crippen molar-refractivity contribution in [2.45, 2.75) is 20.8 Å². The molecule has 0 heterocycles. The summed E-state index contributed by atoms with van der Waals surface area (Å²) >= 11 is 0. The van der Waals surface area contributed by atoms with Gasteiger partial charge in [-0.2, -0.15) is 0 Å². The SMILES string of the molecule is CCOC(=O)/C=C(C)/C=C/C=C(C)/C=C/c1cc(OC)c(OC)c(OC)c1. The molecule has 0 aliphatic rings. The highest BCUT2D eigenvalue weighted by Crippen LogP contribution is 2.38. The van der Waals surface area contributed by atoms with Crippen LogP contribution >= 0.6 is 0 Å². The molecule has 0 bridgehead atoms. The van der Waals surface area contributed by atoms with Crippen LogP contribution in [0.25, 0.3) is 6.08 Å². The minimum absolute atomic E-state index is 0.331. The van der Waals surface area contributed by atoms with Gasteiger partial charge in [0.15, 0.2) is 11.5 Å². The Labute approximate surface area is 161 Å². The van der Waals surface area contributed by atoms with Crippen molar-refractivity contribution in [1.29, 1.82) is 0 Å². The molecule has 0 radical (unpaired) electrons. The van der Waals surface area contributed by atoms with Crippen molar-refractivity contribution in [3.8, 4) is 17.2 Å². The Morgan fingerprint density at radius 3 is 2.11 bits per heavy atom. The maximum Gasteiger partial charge on any atom is 0.330 e. The summed E-state index contributed by atoms with van der Waals surface area (Å²) in [5, 5.41) is 0. The molecule has 0 aliphatic heterocycles. The van der Waals surface area contributed by atoms with Crippen LogP contribution in [0.2, 0.25) is 0 Å². The highest BCUT2D eigenvalue weighted by molar-refractivity contribution is 5.83. The molecule has 146 valence electrons. The molecule has 0 fully saturated rings. The Kier molecular flexibility index (Phi) is 9.51. The van der Waals surface area contributed by atoms with E-state index in [1.165, 1.54) is 6.08 Å². The van der Waals surface area contributed by atoms with Crippen molar-refractivity contribution >= 4 is 12.0 Å². The minimum Gasteiger partial charge on any atom is -0.493 e. The van der Waals surface area contributed by atoms with Crippen LogP contribution in [0.4, 0.5) is 0 Å². The number of carbonyl (C=O) groups excluding carboxylic acids is 1. The molecule has 1 aromatic carbocycles. The average Bonchev–Trinajstić information content (AvgIpc) is 2.65. The van der Waals surface area contributed by atoms with Gasteiger partial charge in [-0.25, -0.2) is 4.79 Å². The molecule has 27 heavy (non-hydrogen) atoms. The number of methoxy groups -OCH3 is 3. The molecule has 0 amide bonds. The number of ether oxygens (including phenoxy) is 4. The third-order valence-electron chi connectivity index (χ3n) is 3.58. The number of esters is 1. The number of rotatable bonds is 9. The van der Waals surface area contributed by atoms with Crippen molar-refractivity contribution in [1.82, 2.24) is 0 Å². The number of benzene rings is 1. The average molecular weight is 372 g/mol. The molecule has 5 nitrogen and oxygen atoms in total. The zero-order chi connectivity index (χ0) is 20.2. The van der Waals surface area contributed by atoms with Crippen LogP contribution in [0.1, 0.15) is 26.3 Å². The maximum absolute atomic E-state index is 11.4. The summed E-state index contributed by atoms with van der Waals surface area (Å²) in [6, 6.07) is 3.76. The summed E-state index contributed by atoms with van der Waals surface area (Å²) in [5.41, 5.74) is 2.80. The van der Waals surface area contributed by atoms with E-state index in [4.69, 9.17) is 18.9 Å². The van der Waals surface area contributed by atoms with E-state index in [-0.39, 0.29) is 5.97 Å². The second-order valence-corrected chi connectivity index (χ2v) is 5.70. The molecule has 0 atom stereocenters. The van der Waals surface area contributed by atoms with Gasteiger partial charge in [-0.3, -0.25) is 0 Å². The van der Waals surface area contributed by atoms with E-state index in [1.54, 1.807) is 28.3 Å². The van der Waals surface area contributed by atoms with Crippen molar-refractivity contribution in [3.05, 3.63) is 59.2 Å². The van der Waals surface area contributed by atoms with E-state index in [0.717, 1.165) is 16.7 Å². The zero-order valence-corrected chi connectivity index (χ0v) is 16.9. The lowest BCUT2D eigenvalue weighted by molar-refractivity contribution is -0.137. The first-order valence-corrected chi connectivity index (χ1v) is 8.63. The Balaban J connectivity index is 2.88. The molecule has 0 spiro atoms. The molecule has 0 saturated carbocycles. The van der Waals surface area contributed by atoms with Crippen LogP contribution in [-0.2, 0) is 9.53 Å². The first kappa shape index (κ1) is 22.1. The summed E-state index contributed by atoms with van der Waals surface area (Å²) in [6.07, 6.45) is 11.1. The van der Waals surface area contributed by atoms with E-state index in [1.807, 2.05) is 56.4 Å². The molecule has 1 aromatic rings. The molecule has 5 heteroatoms. The van der Waals surface area contributed by atoms with Gasteiger partial charge in [-0.05, 0) is 44.0 Å². The van der Waals surface area contributed by atoms with Gasteiger partial charge < -0.3 is 18.9 Å². The minimum atomic E-state index is -0.331. The summed E-state index contributed by atoms with van der Waals surface area (Å²) in [4.78, 5) is 11.4. The second kappa shape index (κ2) is 11.6. The van der Waals surface area contributed by atoms with Crippen LogP contribution in [0.15, 0.2) is 53.7 Å². The fourth-order valence-electron chi connectivity index (χ4n) is 2.25. The van der Waals surface area contributed by atoms with Crippen molar-refractivity contribution in [3.63, 3.8) is 0 Å². The molecule has 0 unspecified atom stereocenters. The van der Waals surface area contributed by atoms with Gasteiger partial charge in [-0.15, -0.1) is 0 Å². The van der Waals surface area contributed by atoms with Crippen LogP contribution in [0.3, 0.4) is 0 Å². The molecule has 1 rings (SSSR count). The van der Waals surface area contributed by atoms with E-state index in [9.17, 15) is 4.79 Å². The lowest BCUT2D eigenvalue weighted by atomic mass is 10.1. The van der Waals surface area contributed by atoms with Crippen LogP contribution < -0.4 is 14.2 Å². The Bertz CT molecular complexity index is 729. The molecular weight excluding hydrogens is 344 g/mol. The third-order valence-corrected chi connectivity index (χ3v) is 3.58. The van der Waals surface area contributed by atoms with Gasteiger partial charge in [0, 0.05) is 6.08 Å². The topological polar surface area (TPSA) is 54.0 Å². The van der Waals surface area contributed by atoms with Gasteiger partial charge in [0.1, 0.15) is 0 Å². The van der Waals surface area contributed by atoms with E-state index in [0.29, 0.717) is 23.9 Å². The predicted octanol–water partition coefficient (Wildman–Crippen LogP) is 4.74. The van der Waals surface area contributed by atoms with Gasteiger partial charge >= 0.3 is 5.97 Å². The standard InChI is InChI=1S/C22H28O5/c1-7-27-21(23)13-17(3)10-8-9-16(2)11-12-18-14-19(24-4)22(26-6)20(15-18)25-5/h8-15H,7H2,1-6H3/b10-8+,12-11+,16-9+,17-13+. The first-order chi connectivity index (χ1) is 12.9.